The van der Waals surface area contributed by atoms with Crippen molar-refractivity contribution in [1.29, 1.82) is 0 Å². The van der Waals surface area contributed by atoms with Gasteiger partial charge in [0, 0.05) is 18.7 Å². The highest BCUT2D eigenvalue weighted by Gasteiger charge is 2.27. The van der Waals surface area contributed by atoms with Crippen molar-refractivity contribution >= 4 is 11.5 Å². The molecule has 1 unspecified atom stereocenters. The molecular weight excluding hydrogens is 202 g/mol. The van der Waals surface area contributed by atoms with Crippen molar-refractivity contribution < 1.29 is 9.53 Å². The first-order valence-electron chi connectivity index (χ1n) is 5.75. The van der Waals surface area contributed by atoms with Crippen molar-refractivity contribution in [2.45, 2.75) is 19.4 Å². The van der Waals surface area contributed by atoms with Gasteiger partial charge in [-0.1, -0.05) is 25.1 Å². The van der Waals surface area contributed by atoms with E-state index in [9.17, 15) is 4.79 Å². The number of Topliss-reactive ketones (excluding diaryl/α,β-unsaturated/α-hetero) is 1. The maximum Gasteiger partial charge on any atom is 0.157 e. The molecule has 3 nitrogen and oxygen atoms in total. The Bertz CT molecular complexity index is 350. The van der Waals surface area contributed by atoms with E-state index in [0.29, 0.717) is 19.6 Å². The number of carbonyl (C=O) groups is 1. The molecule has 1 aromatic rings. The predicted octanol–water partition coefficient (Wildman–Crippen LogP) is 1.87. The van der Waals surface area contributed by atoms with Crippen molar-refractivity contribution in [2.75, 3.05) is 24.7 Å². The van der Waals surface area contributed by atoms with Crippen LogP contribution in [0.2, 0.25) is 0 Å². The number of hydrogen-bond acceptors (Lipinski definition) is 3. The quantitative estimate of drug-likeness (QED) is 0.777. The number of ether oxygens (including phenoxy) is 1. The average Bonchev–Trinajstić information content (AvgIpc) is 2.39. The van der Waals surface area contributed by atoms with Crippen LogP contribution in [0.5, 0.6) is 0 Å². The molecule has 1 aromatic carbocycles. The zero-order valence-electron chi connectivity index (χ0n) is 9.56. The minimum atomic E-state index is -0.110. The first kappa shape index (κ1) is 11.1. The molecule has 0 radical (unpaired) electrons. The molecule has 2 rings (SSSR count). The molecule has 0 bridgehead atoms. The van der Waals surface area contributed by atoms with Crippen molar-refractivity contribution in [3.63, 3.8) is 0 Å². The first-order valence-corrected chi connectivity index (χ1v) is 5.75. The molecule has 1 saturated heterocycles. The van der Waals surface area contributed by atoms with Crippen LogP contribution in [0.3, 0.4) is 0 Å². The third-order valence-corrected chi connectivity index (χ3v) is 2.94. The SMILES string of the molecule is CCC(=O)C1COCCN1c1ccccc1. The number of para-hydroxylation sites is 1. The third kappa shape index (κ3) is 2.25. The normalized spacial score (nSPS) is 20.8. The van der Waals surface area contributed by atoms with Crippen LogP contribution in [-0.4, -0.2) is 31.6 Å². The van der Waals surface area contributed by atoms with E-state index in [4.69, 9.17) is 4.74 Å². The first-order chi connectivity index (χ1) is 7.83. The van der Waals surface area contributed by atoms with E-state index in [1.54, 1.807) is 0 Å². The molecule has 16 heavy (non-hydrogen) atoms. The Morgan fingerprint density at radius 2 is 2.19 bits per heavy atom. The van der Waals surface area contributed by atoms with Gasteiger partial charge in [-0.25, -0.2) is 0 Å². The van der Waals surface area contributed by atoms with E-state index in [-0.39, 0.29) is 11.8 Å². The van der Waals surface area contributed by atoms with Crippen molar-refractivity contribution in [1.82, 2.24) is 0 Å². The minimum absolute atomic E-state index is 0.110. The van der Waals surface area contributed by atoms with Gasteiger partial charge in [-0.05, 0) is 12.1 Å². The summed E-state index contributed by atoms with van der Waals surface area (Å²) >= 11 is 0. The highest BCUT2D eigenvalue weighted by atomic mass is 16.5. The van der Waals surface area contributed by atoms with Crippen molar-refractivity contribution in [3.8, 4) is 0 Å². The molecule has 86 valence electrons. The zero-order chi connectivity index (χ0) is 11.4. The van der Waals surface area contributed by atoms with Crippen molar-refractivity contribution in [3.05, 3.63) is 30.3 Å². The lowest BCUT2D eigenvalue weighted by molar-refractivity contribution is -0.122. The number of rotatable bonds is 3. The maximum atomic E-state index is 11.8. The highest BCUT2D eigenvalue weighted by molar-refractivity contribution is 5.87. The van der Waals surface area contributed by atoms with Gasteiger partial charge in [-0.15, -0.1) is 0 Å². The summed E-state index contributed by atoms with van der Waals surface area (Å²) in [6, 6.07) is 9.96. The Balaban J connectivity index is 2.20. The van der Waals surface area contributed by atoms with Crippen LogP contribution in [0.15, 0.2) is 30.3 Å². The van der Waals surface area contributed by atoms with E-state index in [0.717, 1.165) is 12.2 Å². The monoisotopic (exact) mass is 219 g/mol. The Morgan fingerprint density at radius 1 is 1.44 bits per heavy atom. The fourth-order valence-corrected chi connectivity index (χ4v) is 2.03. The van der Waals surface area contributed by atoms with Gasteiger partial charge >= 0.3 is 0 Å². The molecule has 0 aliphatic carbocycles. The zero-order valence-corrected chi connectivity index (χ0v) is 9.56. The molecule has 1 aliphatic rings. The van der Waals surface area contributed by atoms with Gasteiger partial charge in [0.05, 0.1) is 13.2 Å². The number of nitrogens with zero attached hydrogens (tertiary/aromatic N) is 1. The van der Waals surface area contributed by atoms with Gasteiger partial charge in [0.25, 0.3) is 0 Å². The Kier molecular flexibility index (Phi) is 3.57. The van der Waals surface area contributed by atoms with Gasteiger partial charge in [0.15, 0.2) is 5.78 Å². The number of anilines is 1. The molecule has 1 aliphatic heterocycles. The molecule has 1 atom stereocenters. The van der Waals surface area contributed by atoms with Crippen LogP contribution in [0, 0.1) is 0 Å². The van der Waals surface area contributed by atoms with Crippen LogP contribution in [-0.2, 0) is 9.53 Å². The lowest BCUT2D eigenvalue weighted by atomic mass is 10.1. The van der Waals surface area contributed by atoms with Crippen LogP contribution in [0.25, 0.3) is 0 Å². The summed E-state index contributed by atoms with van der Waals surface area (Å²) in [4.78, 5) is 14.0. The summed E-state index contributed by atoms with van der Waals surface area (Å²) in [7, 11) is 0. The largest absolute Gasteiger partial charge is 0.377 e. The third-order valence-electron chi connectivity index (χ3n) is 2.94. The molecule has 1 fully saturated rings. The lowest BCUT2D eigenvalue weighted by Gasteiger charge is -2.36. The van der Waals surface area contributed by atoms with Crippen molar-refractivity contribution in [2.24, 2.45) is 0 Å². The smallest absolute Gasteiger partial charge is 0.157 e. The summed E-state index contributed by atoms with van der Waals surface area (Å²) in [5.74, 6) is 0.253. The fourth-order valence-electron chi connectivity index (χ4n) is 2.03. The molecule has 3 heteroatoms. The molecule has 0 aromatic heterocycles. The molecule has 0 saturated carbocycles. The molecule has 1 heterocycles. The Morgan fingerprint density at radius 3 is 2.88 bits per heavy atom. The number of morpholine rings is 1. The Hall–Kier alpha value is -1.35. The molecule has 0 N–H and O–H groups in total. The number of carbonyl (C=O) groups excluding carboxylic acids is 1. The van der Waals surface area contributed by atoms with Gasteiger partial charge in [-0.2, -0.15) is 0 Å². The number of benzene rings is 1. The van der Waals surface area contributed by atoms with Gasteiger partial charge in [0.1, 0.15) is 6.04 Å². The summed E-state index contributed by atoms with van der Waals surface area (Å²) < 4.78 is 5.39. The van der Waals surface area contributed by atoms with Crippen LogP contribution >= 0.6 is 0 Å². The molecule has 0 amide bonds. The van der Waals surface area contributed by atoms with Gasteiger partial charge in [0.2, 0.25) is 0 Å². The van der Waals surface area contributed by atoms with Crippen LogP contribution in [0.4, 0.5) is 5.69 Å². The summed E-state index contributed by atoms with van der Waals surface area (Å²) in [6.45, 7) is 3.91. The highest BCUT2D eigenvalue weighted by Crippen LogP contribution is 2.20. The van der Waals surface area contributed by atoms with Crippen LogP contribution in [0.1, 0.15) is 13.3 Å². The summed E-state index contributed by atoms with van der Waals surface area (Å²) in [6.07, 6.45) is 0.567. The Labute approximate surface area is 96.0 Å². The van der Waals surface area contributed by atoms with E-state index < -0.39 is 0 Å². The standard InChI is InChI=1S/C13H17NO2/c1-2-13(15)12-10-16-9-8-14(12)11-6-4-3-5-7-11/h3-7,12H,2,8-10H2,1H3. The molecular formula is C13H17NO2. The second kappa shape index (κ2) is 5.12. The average molecular weight is 219 g/mol. The predicted molar refractivity (Wildman–Crippen MR) is 63.7 cm³/mol. The molecule has 0 spiro atoms. The second-order valence-corrected chi connectivity index (χ2v) is 3.94. The summed E-state index contributed by atoms with van der Waals surface area (Å²) in [5.41, 5.74) is 1.11. The number of hydrogen-bond donors (Lipinski definition) is 0. The topological polar surface area (TPSA) is 29.5 Å². The maximum absolute atomic E-state index is 11.8. The van der Waals surface area contributed by atoms with Crippen LogP contribution < -0.4 is 4.90 Å². The summed E-state index contributed by atoms with van der Waals surface area (Å²) in [5, 5.41) is 0. The van der Waals surface area contributed by atoms with E-state index in [1.807, 2.05) is 37.3 Å². The van der Waals surface area contributed by atoms with E-state index >= 15 is 0 Å². The number of ketones is 1. The lowest BCUT2D eigenvalue weighted by Crippen LogP contribution is -2.50. The van der Waals surface area contributed by atoms with E-state index in [1.165, 1.54) is 0 Å². The fraction of sp³-hybridized carbons (Fsp3) is 0.462. The van der Waals surface area contributed by atoms with Gasteiger partial charge in [-0.3, -0.25) is 4.79 Å². The second-order valence-electron chi connectivity index (χ2n) is 3.94. The minimum Gasteiger partial charge on any atom is -0.377 e. The van der Waals surface area contributed by atoms with Gasteiger partial charge < -0.3 is 9.64 Å². The van der Waals surface area contributed by atoms with E-state index in [2.05, 4.69) is 4.90 Å².